The molecule has 4 aromatic rings. The lowest BCUT2D eigenvalue weighted by molar-refractivity contribution is -0.138. The number of ether oxygens (including phenoxy) is 1. The van der Waals surface area contributed by atoms with Gasteiger partial charge in [-0.05, 0) is 64.9 Å². The summed E-state index contributed by atoms with van der Waals surface area (Å²) in [6.45, 7) is -0.704. The van der Waals surface area contributed by atoms with E-state index in [-0.39, 0.29) is 25.4 Å². The maximum atomic E-state index is 13.8. The summed E-state index contributed by atoms with van der Waals surface area (Å²) in [7, 11) is 0. The Labute approximate surface area is 262 Å². The number of benzene rings is 4. The average molecular weight is 637 g/mol. The lowest BCUT2D eigenvalue weighted by Gasteiger charge is -2.27. The van der Waals surface area contributed by atoms with Gasteiger partial charge in [0.15, 0.2) is 0 Å². The summed E-state index contributed by atoms with van der Waals surface area (Å²) in [5.41, 5.74) is 3.76. The minimum Gasteiger partial charge on any atom is -0.480 e. The lowest BCUT2D eigenvalue weighted by Crippen LogP contribution is -2.50. The van der Waals surface area contributed by atoms with Crippen LogP contribution < -0.4 is 10.2 Å². The number of aryl methyl sites for hydroxylation is 1. The number of amides is 2. The molecule has 1 atom stereocenters. The monoisotopic (exact) mass is 636 g/mol. The molecule has 5 rings (SSSR count). The van der Waals surface area contributed by atoms with Gasteiger partial charge in [-0.15, -0.1) is 0 Å². The van der Waals surface area contributed by atoms with Crippen LogP contribution in [0.1, 0.15) is 34.6 Å². The Bertz CT molecular complexity index is 1670. The largest absolute Gasteiger partial charge is 0.480 e. The molecule has 2 amide bonds. The number of hydrogen-bond acceptors (Lipinski definition) is 4. The number of para-hydroxylation sites is 1. The molecule has 7 nitrogen and oxygen atoms in total. The molecule has 0 heterocycles. The van der Waals surface area contributed by atoms with Crippen molar-refractivity contribution >= 4 is 35.3 Å². The predicted octanol–water partition coefficient (Wildman–Crippen LogP) is 7.32. The van der Waals surface area contributed by atoms with Crippen LogP contribution in [0.3, 0.4) is 0 Å². The molecule has 0 radical (unpaired) electrons. The van der Waals surface area contributed by atoms with Crippen molar-refractivity contribution in [1.29, 1.82) is 0 Å². The molecular weight excluding hydrogens is 609 g/mol. The van der Waals surface area contributed by atoms with Gasteiger partial charge in [-0.1, -0.05) is 84.4 Å². The number of carboxylic acids is 1. The van der Waals surface area contributed by atoms with E-state index in [0.717, 1.165) is 39.3 Å². The third-order valence-electron chi connectivity index (χ3n) is 7.62. The quantitative estimate of drug-likeness (QED) is 0.190. The van der Waals surface area contributed by atoms with E-state index in [1.54, 1.807) is 30.3 Å². The molecule has 45 heavy (non-hydrogen) atoms. The van der Waals surface area contributed by atoms with Crippen molar-refractivity contribution in [3.05, 3.63) is 124 Å². The molecule has 0 saturated heterocycles. The molecule has 1 aliphatic rings. The number of nitrogens with zero attached hydrogens (tertiary/aromatic N) is 1. The molecule has 232 valence electrons. The number of fused-ring (bicyclic) bond motifs is 3. The number of aliphatic carboxylic acids is 1. The van der Waals surface area contributed by atoms with E-state index in [0.29, 0.717) is 11.3 Å². The van der Waals surface area contributed by atoms with Crippen molar-refractivity contribution in [2.24, 2.45) is 0 Å². The van der Waals surface area contributed by atoms with Gasteiger partial charge in [0.25, 0.3) is 0 Å². The fourth-order valence-corrected chi connectivity index (χ4v) is 5.83. The number of hydrogen-bond donors (Lipinski definition) is 2. The molecule has 0 aromatic heterocycles. The molecule has 2 N–H and O–H groups in total. The second-order valence-electron chi connectivity index (χ2n) is 10.5. The first-order valence-electron chi connectivity index (χ1n) is 14.1. The fourth-order valence-electron chi connectivity index (χ4n) is 5.52. The first-order valence-corrected chi connectivity index (χ1v) is 14.5. The Morgan fingerprint density at radius 1 is 0.889 bits per heavy atom. The maximum absolute atomic E-state index is 13.8. The minimum absolute atomic E-state index is 0.0210. The number of alkyl halides is 3. The topological polar surface area (TPSA) is 95.9 Å². The van der Waals surface area contributed by atoms with Crippen LogP contribution in [0.25, 0.3) is 11.1 Å². The van der Waals surface area contributed by atoms with E-state index >= 15 is 0 Å². The molecule has 4 aromatic carbocycles. The summed E-state index contributed by atoms with van der Waals surface area (Å²) in [5, 5.41) is 11.6. The van der Waals surface area contributed by atoms with Gasteiger partial charge in [-0.25, -0.2) is 4.79 Å². The van der Waals surface area contributed by atoms with E-state index < -0.39 is 47.3 Å². The Hall–Kier alpha value is -4.83. The molecule has 0 bridgehead atoms. The van der Waals surface area contributed by atoms with E-state index in [9.17, 15) is 32.7 Å². The SMILES string of the molecule is O=C(O)CN(C(=O)C(CCc1ccc(C(F)(F)F)c(Cl)c1)NC(=O)OCC1c2ccccc2-c2ccccc21)c1ccccc1. The first-order chi connectivity index (χ1) is 21.5. The zero-order chi connectivity index (χ0) is 32.1. The highest BCUT2D eigenvalue weighted by atomic mass is 35.5. The Balaban J connectivity index is 1.36. The number of anilines is 1. The van der Waals surface area contributed by atoms with Gasteiger partial charge >= 0.3 is 18.2 Å². The molecule has 0 aliphatic heterocycles. The van der Waals surface area contributed by atoms with Gasteiger partial charge in [0, 0.05) is 11.6 Å². The average Bonchev–Trinajstić information content (AvgIpc) is 3.34. The van der Waals surface area contributed by atoms with Crippen LogP contribution in [0.2, 0.25) is 5.02 Å². The molecule has 0 spiro atoms. The highest BCUT2D eigenvalue weighted by Gasteiger charge is 2.34. The number of rotatable bonds is 10. The summed E-state index contributed by atoms with van der Waals surface area (Å²) in [5.74, 6) is -2.24. The van der Waals surface area contributed by atoms with Crippen LogP contribution in [0.15, 0.2) is 97.1 Å². The zero-order valence-electron chi connectivity index (χ0n) is 23.8. The van der Waals surface area contributed by atoms with Gasteiger partial charge in [0.2, 0.25) is 5.91 Å². The second kappa shape index (κ2) is 13.4. The molecular formula is C34H28ClF3N2O5. The summed E-state index contributed by atoms with van der Waals surface area (Å²) in [6.07, 6.45) is -5.56. The Morgan fingerprint density at radius 3 is 2.07 bits per heavy atom. The standard InChI is InChI=1S/C34H28ClF3N2O5/c35-29-18-21(14-16-28(29)34(36,37)38)15-17-30(32(43)40(19-31(41)42)22-8-2-1-3-9-22)39-33(44)45-20-27-25-12-6-4-10-23(25)24-11-5-7-13-26(24)27/h1-14,16,18,27,30H,15,17,19-20H2,(H,39,44)(H,41,42). The van der Waals surface area contributed by atoms with E-state index in [1.807, 2.05) is 48.5 Å². The normalized spacial score (nSPS) is 13.0. The smallest absolute Gasteiger partial charge is 0.417 e. The third-order valence-corrected chi connectivity index (χ3v) is 7.93. The minimum atomic E-state index is -4.63. The number of carboxylic acid groups (broad SMARTS) is 1. The summed E-state index contributed by atoms with van der Waals surface area (Å²) in [6, 6.07) is 25.7. The van der Waals surface area contributed by atoms with Crippen LogP contribution in [0, 0.1) is 0 Å². The van der Waals surface area contributed by atoms with Crippen LogP contribution in [0.4, 0.5) is 23.7 Å². The van der Waals surface area contributed by atoms with Crippen molar-refractivity contribution in [2.75, 3.05) is 18.1 Å². The van der Waals surface area contributed by atoms with E-state index in [1.165, 1.54) is 6.07 Å². The van der Waals surface area contributed by atoms with Gasteiger partial charge < -0.3 is 15.2 Å². The van der Waals surface area contributed by atoms with E-state index in [4.69, 9.17) is 16.3 Å². The Kier molecular flexibility index (Phi) is 9.43. The molecule has 1 aliphatic carbocycles. The Morgan fingerprint density at radius 2 is 1.49 bits per heavy atom. The zero-order valence-corrected chi connectivity index (χ0v) is 24.5. The summed E-state index contributed by atoms with van der Waals surface area (Å²) < 4.78 is 45.2. The van der Waals surface area contributed by atoms with Crippen molar-refractivity contribution in [2.45, 2.75) is 31.0 Å². The second-order valence-corrected chi connectivity index (χ2v) is 10.9. The lowest BCUT2D eigenvalue weighted by atomic mass is 9.98. The van der Waals surface area contributed by atoms with Gasteiger partial charge in [0.05, 0.1) is 10.6 Å². The van der Waals surface area contributed by atoms with Gasteiger partial charge in [-0.3, -0.25) is 14.5 Å². The third kappa shape index (κ3) is 7.29. The molecule has 0 saturated carbocycles. The predicted molar refractivity (Wildman–Crippen MR) is 163 cm³/mol. The molecule has 1 unspecified atom stereocenters. The van der Waals surface area contributed by atoms with Crippen molar-refractivity contribution in [3.8, 4) is 11.1 Å². The number of alkyl carbamates (subject to hydrolysis) is 1. The van der Waals surface area contributed by atoms with Crippen molar-refractivity contribution in [1.82, 2.24) is 5.32 Å². The number of carbonyl (C=O) groups is 3. The number of halogens is 4. The number of nitrogens with one attached hydrogen (secondary N) is 1. The highest BCUT2D eigenvalue weighted by Crippen LogP contribution is 2.44. The highest BCUT2D eigenvalue weighted by molar-refractivity contribution is 6.31. The summed E-state index contributed by atoms with van der Waals surface area (Å²) >= 11 is 5.89. The molecule has 0 fully saturated rings. The molecule has 11 heteroatoms. The van der Waals surface area contributed by atoms with E-state index in [2.05, 4.69) is 5.32 Å². The number of carbonyl (C=O) groups excluding carboxylic acids is 2. The van der Waals surface area contributed by atoms with Crippen molar-refractivity contribution < 1.29 is 37.4 Å². The van der Waals surface area contributed by atoms with Crippen LogP contribution >= 0.6 is 11.6 Å². The fraction of sp³-hybridized carbons (Fsp3) is 0.206. The van der Waals surface area contributed by atoms with Crippen LogP contribution in [-0.2, 0) is 26.9 Å². The van der Waals surface area contributed by atoms with Crippen LogP contribution in [-0.4, -0.2) is 42.3 Å². The maximum Gasteiger partial charge on any atom is 0.417 e. The van der Waals surface area contributed by atoms with Crippen molar-refractivity contribution in [3.63, 3.8) is 0 Å². The summed E-state index contributed by atoms with van der Waals surface area (Å²) in [4.78, 5) is 39.7. The van der Waals surface area contributed by atoms with Crippen LogP contribution in [0.5, 0.6) is 0 Å². The van der Waals surface area contributed by atoms with Gasteiger partial charge in [0.1, 0.15) is 19.2 Å². The first kappa shape index (κ1) is 31.6. The van der Waals surface area contributed by atoms with Gasteiger partial charge in [-0.2, -0.15) is 13.2 Å².